The van der Waals surface area contributed by atoms with Crippen molar-refractivity contribution in [3.05, 3.63) is 64.2 Å². The highest BCUT2D eigenvalue weighted by Crippen LogP contribution is 2.22. The number of aromatic nitrogens is 1. The monoisotopic (exact) mass is 301 g/mol. The molecule has 0 atom stereocenters. The van der Waals surface area contributed by atoms with E-state index in [2.05, 4.69) is 0 Å². The fourth-order valence-electron chi connectivity index (χ4n) is 2.23. The van der Waals surface area contributed by atoms with Crippen molar-refractivity contribution in [2.75, 3.05) is 0 Å². The Hall–Kier alpha value is -2.69. The Balaban J connectivity index is 2.61. The van der Waals surface area contributed by atoms with Gasteiger partial charge in [0.2, 0.25) is 0 Å². The van der Waals surface area contributed by atoms with Gasteiger partial charge in [0.1, 0.15) is 5.82 Å². The largest absolute Gasteiger partial charge is 0.478 e. The lowest BCUT2D eigenvalue weighted by atomic mass is 10.1. The molecule has 1 N–H and O–H groups in total. The Bertz CT molecular complexity index is 773. The lowest BCUT2D eigenvalue weighted by Gasteiger charge is -2.17. The van der Waals surface area contributed by atoms with Crippen molar-refractivity contribution < 1.29 is 14.3 Å². The third-order valence-corrected chi connectivity index (χ3v) is 3.21. The molecule has 0 aliphatic carbocycles. The molecular formula is C17H16FNO3. The summed E-state index contributed by atoms with van der Waals surface area (Å²) in [5.74, 6) is -1.46. The van der Waals surface area contributed by atoms with Crippen LogP contribution in [0.5, 0.6) is 0 Å². The molecule has 1 aromatic heterocycles. The van der Waals surface area contributed by atoms with Crippen molar-refractivity contribution in [2.45, 2.75) is 19.9 Å². The van der Waals surface area contributed by atoms with Gasteiger partial charge in [-0.15, -0.1) is 0 Å². The first-order valence-electron chi connectivity index (χ1n) is 6.82. The van der Waals surface area contributed by atoms with Crippen LogP contribution in [-0.2, 0) is 4.79 Å². The smallest absolute Gasteiger partial charge is 0.328 e. The van der Waals surface area contributed by atoms with Gasteiger partial charge in [-0.2, -0.15) is 0 Å². The number of aliphatic carboxylic acids is 1. The summed E-state index contributed by atoms with van der Waals surface area (Å²) in [6, 6.07) is 9.07. The Morgan fingerprint density at radius 2 is 1.82 bits per heavy atom. The maximum absolute atomic E-state index is 13.0. The number of benzene rings is 1. The lowest BCUT2D eigenvalue weighted by Crippen LogP contribution is -2.25. The second-order valence-electron chi connectivity index (χ2n) is 5.12. The number of hydrogen-bond acceptors (Lipinski definition) is 2. The fourth-order valence-corrected chi connectivity index (χ4v) is 2.23. The molecule has 1 heterocycles. The van der Waals surface area contributed by atoms with Crippen LogP contribution in [0.2, 0.25) is 0 Å². The molecule has 0 amide bonds. The zero-order valence-electron chi connectivity index (χ0n) is 12.3. The minimum Gasteiger partial charge on any atom is -0.478 e. The highest BCUT2D eigenvalue weighted by atomic mass is 19.1. The summed E-state index contributed by atoms with van der Waals surface area (Å²) in [6.07, 6.45) is 2.21. The van der Waals surface area contributed by atoms with Crippen molar-refractivity contribution in [2.24, 2.45) is 0 Å². The maximum atomic E-state index is 13.0. The number of nitrogens with zero attached hydrogens (tertiary/aromatic N) is 1. The summed E-state index contributed by atoms with van der Waals surface area (Å²) in [5.41, 5.74) is 1.39. The third-order valence-electron chi connectivity index (χ3n) is 3.21. The minimum absolute atomic E-state index is 0.120. The van der Waals surface area contributed by atoms with Gasteiger partial charge in [0, 0.05) is 17.7 Å². The van der Waals surface area contributed by atoms with E-state index < -0.39 is 5.97 Å². The molecule has 0 saturated carbocycles. The topological polar surface area (TPSA) is 59.3 Å². The first-order chi connectivity index (χ1) is 10.4. The first-order valence-corrected chi connectivity index (χ1v) is 6.82. The van der Waals surface area contributed by atoms with Gasteiger partial charge in [-0.1, -0.05) is 0 Å². The van der Waals surface area contributed by atoms with Crippen molar-refractivity contribution in [1.82, 2.24) is 4.57 Å². The van der Waals surface area contributed by atoms with E-state index in [9.17, 15) is 14.0 Å². The lowest BCUT2D eigenvalue weighted by molar-refractivity contribution is -0.131. The number of halogens is 1. The summed E-state index contributed by atoms with van der Waals surface area (Å²) in [7, 11) is 0. The minimum atomic E-state index is -1.11. The van der Waals surface area contributed by atoms with Crippen LogP contribution < -0.4 is 5.56 Å². The van der Waals surface area contributed by atoms with Gasteiger partial charge < -0.3 is 9.67 Å². The number of pyridine rings is 1. The second kappa shape index (κ2) is 6.39. The van der Waals surface area contributed by atoms with E-state index in [0.717, 1.165) is 11.6 Å². The van der Waals surface area contributed by atoms with Gasteiger partial charge in [0.15, 0.2) is 0 Å². The molecule has 1 aromatic carbocycles. The van der Waals surface area contributed by atoms with Crippen molar-refractivity contribution in [3.8, 4) is 11.3 Å². The fraction of sp³-hybridized carbons (Fsp3) is 0.176. The van der Waals surface area contributed by atoms with E-state index in [1.54, 1.807) is 28.8 Å². The highest BCUT2D eigenvalue weighted by Gasteiger charge is 2.12. The van der Waals surface area contributed by atoms with Gasteiger partial charge in [-0.05, 0) is 61.9 Å². The molecule has 0 bridgehead atoms. The molecular weight excluding hydrogens is 285 g/mol. The molecule has 0 aliphatic heterocycles. The van der Waals surface area contributed by atoms with E-state index in [-0.39, 0.29) is 17.4 Å². The Morgan fingerprint density at radius 1 is 1.18 bits per heavy atom. The molecule has 5 heteroatoms. The molecule has 2 aromatic rings. The SMILES string of the molecule is CC(C)n1c(-c2ccc(F)cc2)ccc(/C=C/C(=O)O)c1=O. The molecule has 2 rings (SSSR count). The Labute approximate surface area is 127 Å². The number of carboxylic acids is 1. The molecule has 4 nitrogen and oxygen atoms in total. The average Bonchev–Trinajstić information content (AvgIpc) is 2.46. The van der Waals surface area contributed by atoms with E-state index in [4.69, 9.17) is 5.11 Å². The van der Waals surface area contributed by atoms with Crippen molar-refractivity contribution in [3.63, 3.8) is 0 Å². The molecule has 0 fully saturated rings. The van der Waals surface area contributed by atoms with Crippen LogP contribution in [0.15, 0.2) is 47.3 Å². The Morgan fingerprint density at radius 3 is 2.36 bits per heavy atom. The van der Waals surface area contributed by atoms with E-state index in [1.165, 1.54) is 18.2 Å². The van der Waals surface area contributed by atoms with Gasteiger partial charge >= 0.3 is 5.97 Å². The van der Waals surface area contributed by atoms with Crippen molar-refractivity contribution in [1.29, 1.82) is 0 Å². The zero-order chi connectivity index (χ0) is 16.3. The third kappa shape index (κ3) is 3.31. The van der Waals surface area contributed by atoms with Gasteiger partial charge in [0.25, 0.3) is 5.56 Å². The normalized spacial score (nSPS) is 11.3. The van der Waals surface area contributed by atoms with Crippen LogP contribution in [0.3, 0.4) is 0 Å². The zero-order valence-corrected chi connectivity index (χ0v) is 12.3. The van der Waals surface area contributed by atoms with Crippen LogP contribution in [-0.4, -0.2) is 15.6 Å². The van der Waals surface area contributed by atoms with E-state index >= 15 is 0 Å². The Kier molecular flexibility index (Phi) is 4.56. The molecule has 0 unspecified atom stereocenters. The molecule has 22 heavy (non-hydrogen) atoms. The molecule has 114 valence electrons. The second-order valence-corrected chi connectivity index (χ2v) is 5.12. The van der Waals surface area contributed by atoms with Crippen LogP contribution >= 0.6 is 0 Å². The summed E-state index contributed by atoms with van der Waals surface area (Å²) < 4.78 is 14.6. The number of hydrogen-bond donors (Lipinski definition) is 1. The van der Waals surface area contributed by atoms with Crippen LogP contribution in [0.1, 0.15) is 25.5 Å². The number of rotatable bonds is 4. The highest BCUT2D eigenvalue weighted by molar-refractivity contribution is 5.85. The maximum Gasteiger partial charge on any atom is 0.328 e. The van der Waals surface area contributed by atoms with Gasteiger partial charge in [-0.3, -0.25) is 4.79 Å². The summed E-state index contributed by atoms with van der Waals surface area (Å²) in [4.78, 5) is 23.1. The molecule has 0 aliphatic rings. The molecule has 0 saturated heterocycles. The quantitative estimate of drug-likeness (QED) is 0.881. The summed E-state index contributed by atoms with van der Waals surface area (Å²) in [6.45, 7) is 3.72. The van der Waals surface area contributed by atoms with E-state index in [0.29, 0.717) is 11.3 Å². The van der Waals surface area contributed by atoms with Crippen LogP contribution in [0.25, 0.3) is 17.3 Å². The van der Waals surface area contributed by atoms with Gasteiger partial charge in [0.05, 0.1) is 5.69 Å². The molecule has 0 radical (unpaired) electrons. The number of carbonyl (C=O) groups is 1. The predicted octanol–water partition coefficient (Wildman–Crippen LogP) is 3.33. The van der Waals surface area contributed by atoms with E-state index in [1.807, 2.05) is 13.8 Å². The van der Waals surface area contributed by atoms with Crippen LogP contribution in [0, 0.1) is 5.82 Å². The molecule has 0 spiro atoms. The first kappa shape index (κ1) is 15.7. The standard InChI is InChI=1S/C17H16FNO3/c1-11(2)19-15(12-3-7-14(18)8-4-12)9-5-13(17(19)22)6-10-16(20)21/h3-11H,1-2H3,(H,20,21)/b10-6+. The van der Waals surface area contributed by atoms with Crippen molar-refractivity contribution >= 4 is 12.0 Å². The van der Waals surface area contributed by atoms with Gasteiger partial charge in [-0.25, -0.2) is 9.18 Å². The van der Waals surface area contributed by atoms with Crippen LogP contribution in [0.4, 0.5) is 4.39 Å². The summed E-state index contributed by atoms with van der Waals surface area (Å²) in [5, 5.41) is 8.67. The number of carboxylic acid groups (broad SMARTS) is 1. The summed E-state index contributed by atoms with van der Waals surface area (Å²) >= 11 is 0. The average molecular weight is 301 g/mol. The predicted molar refractivity (Wildman–Crippen MR) is 83.2 cm³/mol.